The van der Waals surface area contributed by atoms with E-state index in [1.165, 1.54) is 43.5 Å². The van der Waals surface area contributed by atoms with Gasteiger partial charge in [0, 0.05) is 21.4 Å². The lowest BCUT2D eigenvalue weighted by molar-refractivity contribution is 0.148. The first-order chi connectivity index (χ1) is 9.70. The predicted octanol–water partition coefficient (Wildman–Crippen LogP) is 4.69. The van der Waals surface area contributed by atoms with E-state index in [2.05, 4.69) is 39.3 Å². The largest absolute Gasteiger partial charge is 0.319 e. The van der Waals surface area contributed by atoms with E-state index in [1.807, 2.05) is 0 Å². The molecule has 2 fully saturated rings. The van der Waals surface area contributed by atoms with Crippen LogP contribution in [0.15, 0.2) is 10.5 Å². The standard InChI is InChI=1S/C15H22BrClN2S/c1-18-9-10-4-2-3-7-19(11-5-6-11)14(10)13-8-12(16)15(17)20-13/h8,10-11,14,18H,2-7,9H2,1H3. The zero-order valence-corrected chi connectivity index (χ0v) is 15.0. The van der Waals surface area contributed by atoms with Gasteiger partial charge in [-0.1, -0.05) is 18.0 Å². The lowest BCUT2D eigenvalue weighted by Crippen LogP contribution is -2.37. The van der Waals surface area contributed by atoms with Gasteiger partial charge in [0.25, 0.3) is 0 Å². The van der Waals surface area contributed by atoms with Crippen LogP contribution in [0.25, 0.3) is 0 Å². The summed E-state index contributed by atoms with van der Waals surface area (Å²) in [7, 11) is 2.07. The maximum atomic E-state index is 6.29. The number of nitrogens with one attached hydrogen (secondary N) is 1. The molecule has 2 atom stereocenters. The van der Waals surface area contributed by atoms with E-state index in [0.717, 1.165) is 21.4 Å². The molecule has 0 spiro atoms. The van der Waals surface area contributed by atoms with Gasteiger partial charge < -0.3 is 5.32 Å². The summed E-state index contributed by atoms with van der Waals surface area (Å²) in [4.78, 5) is 4.21. The first kappa shape index (κ1) is 15.3. The molecule has 1 aliphatic carbocycles. The summed E-state index contributed by atoms with van der Waals surface area (Å²) < 4.78 is 1.95. The van der Waals surface area contributed by atoms with E-state index >= 15 is 0 Å². The van der Waals surface area contributed by atoms with Gasteiger partial charge in [-0.25, -0.2) is 0 Å². The number of halogens is 2. The highest BCUT2D eigenvalue weighted by Gasteiger charge is 2.39. The molecule has 1 saturated carbocycles. The molecule has 5 heteroatoms. The zero-order chi connectivity index (χ0) is 14.1. The van der Waals surface area contributed by atoms with Gasteiger partial charge >= 0.3 is 0 Å². The van der Waals surface area contributed by atoms with Crippen molar-refractivity contribution in [3.05, 3.63) is 19.8 Å². The quantitative estimate of drug-likeness (QED) is 0.819. The Bertz CT molecular complexity index is 441. The number of likely N-dealkylation sites (tertiary alicyclic amines) is 1. The molecule has 20 heavy (non-hydrogen) atoms. The Balaban J connectivity index is 1.92. The van der Waals surface area contributed by atoms with Crippen molar-refractivity contribution < 1.29 is 0 Å². The fraction of sp³-hybridized carbons (Fsp3) is 0.733. The molecule has 2 nitrogen and oxygen atoms in total. The van der Waals surface area contributed by atoms with Gasteiger partial charge in [-0.15, -0.1) is 11.3 Å². The summed E-state index contributed by atoms with van der Waals surface area (Å²) in [5.74, 6) is 0.699. The second-order valence-corrected chi connectivity index (χ2v) is 8.54. The number of rotatable bonds is 4. The minimum absolute atomic E-state index is 0.547. The molecule has 1 N–H and O–H groups in total. The van der Waals surface area contributed by atoms with Gasteiger partial charge in [0.15, 0.2) is 0 Å². The number of thiophene rings is 1. The Kier molecular flexibility index (Phi) is 5.09. The second-order valence-electron chi connectivity index (χ2n) is 6.00. The van der Waals surface area contributed by atoms with Crippen molar-refractivity contribution >= 4 is 38.9 Å². The zero-order valence-electron chi connectivity index (χ0n) is 11.9. The molecule has 0 radical (unpaired) electrons. The van der Waals surface area contributed by atoms with Crippen molar-refractivity contribution in [2.75, 3.05) is 20.1 Å². The number of nitrogens with zero attached hydrogens (tertiary/aromatic N) is 1. The van der Waals surface area contributed by atoms with Crippen LogP contribution in [-0.4, -0.2) is 31.1 Å². The molecule has 1 aromatic rings. The van der Waals surface area contributed by atoms with E-state index in [1.54, 1.807) is 11.3 Å². The average molecular weight is 378 g/mol. The van der Waals surface area contributed by atoms with Gasteiger partial charge in [0.2, 0.25) is 0 Å². The fourth-order valence-corrected chi connectivity index (χ4v) is 5.42. The molecular weight excluding hydrogens is 356 g/mol. The van der Waals surface area contributed by atoms with Crippen LogP contribution in [0, 0.1) is 5.92 Å². The predicted molar refractivity (Wildman–Crippen MR) is 90.8 cm³/mol. The van der Waals surface area contributed by atoms with E-state index < -0.39 is 0 Å². The lowest BCUT2D eigenvalue weighted by atomic mass is 9.93. The highest BCUT2D eigenvalue weighted by Crippen LogP contribution is 2.46. The van der Waals surface area contributed by atoms with Crippen molar-refractivity contribution in [3.8, 4) is 0 Å². The van der Waals surface area contributed by atoms with Crippen LogP contribution in [0.2, 0.25) is 4.34 Å². The topological polar surface area (TPSA) is 15.3 Å². The van der Waals surface area contributed by atoms with Crippen molar-refractivity contribution in [2.24, 2.45) is 5.92 Å². The van der Waals surface area contributed by atoms with E-state index in [9.17, 15) is 0 Å². The third-order valence-electron chi connectivity index (χ3n) is 4.48. The Morgan fingerprint density at radius 1 is 1.40 bits per heavy atom. The molecule has 112 valence electrons. The van der Waals surface area contributed by atoms with Crippen LogP contribution >= 0.6 is 38.9 Å². The third-order valence-corrected chi connectivity index (χ3v) is 7.03. The summed E-state index contributed by atoms with van der Waals surface area (Å²) in [6.07, 6.45) is 6.77. The van der Waals surface area contributed by atoms with Gasteiger partial charge in [-0.3, -0.25) is 4.90 Å². The van der Waals surface area contributed by atoms with Crippen LogP contribution in [0.5, 0.6) is 0 Å². The van der Waals surface area contributed by atoms with Crippen molar-refractivity contribution in [3.63, 3.8) is 0 Å². The minimum Gasteiger partial charge on any atom is -0.319 e. The summed E-state index contributed by atoms with van der Waals surface area (Å²) in [6, 6.07) is 3.62. The molecule has 2 heterocycles. The summed E-state index contributed by atoms with van der Waals surface area (Å²) >= 11 is 11.6. The molecule has 2 unspecified atom stereocenters. The van der Waals surface area contributed by atoms with Crippen molar-refractivity contribution in [1.82, 2.24) is 10.2 Å². The Morgan fingerprint density at radius 2 is 2.20 bits per heavy atom. The van der Waals surface area contributed by atoms with Gasteiger partial charge in [0.05, 0.1) is 0 Å². The summed E-state index contributed by atoms with van der Waals surface area (Å²) in [5, 5.41) is 3.40. The van der Waals surface area contributed by atoms with E-state index in [-0.39, 0.29) is 0 Å². The lowest BCUT2D eigenvalue weighted by Gasteiger charge is -2.34. The monoisotopic (exact) mass is 376 g/mol. The van der Waals surface area contributed by atoms with Crippen LogP contribution in [0.4, 0.5) is 0 Å². The number of hydrogen-bond acceptors (Lipinski definition) is 3. The molecule has 1 aliphatic heterocycles. The van der Waals surface area contributed by atoms with Crippen LogP contribution in [0.3, 0.4) is 0 Å². The Hall–Kier alpha value is 0.390. The van der Waals surface area contributed by atoms with Crippen LogP contribution in [-0.2, 0) is 0 Å². The SMILES string of the molecule is CNCC1CCCCN(C2CC2)C1c1cc(Br)c(Cl)s1. The highest BCUT2D eigenvalue weighted by molar-refractivity contribution is 9.10. The van der Waals surface area contributed by atoms with Gasteiger partial charge in [-0.05, 0) is 73.7 Å². The molecule has 3 rings (SSSR count). The summed E-state index contributed by atoms with van der Waals surface area (Å²) in [6.45, 7) is 2.35. The van der Waals surface area contributed by atoms with Crippen LogP contribution < -0.4 is 5.32 Å². The van der Waals surface area contributed by atoms with Crippen molar-refractivity contribution in [1.29, 1.82) is 0 Å². The van der Waals surface area contributed by atoms with Gasteiger partial charge in [-0.2, -0.15) is 0 Å². The maximum absolute atomic E-state index is 6.29. The molecule has 1 saturated heterocycles. The maximum Gasteiger partial charge on any atom is 0.107 e. The molecular formula is C15H22BrClN2S. The first-order valence-corrected chi connectivity index (χ1v) is 9.54. The van der Waals surface area contributed by atoms with Gasteiger partial charge in [0.1, 0.15) is 4.34 Å². The smallest absolute Gasteiger partial charge is 0.107 e. The second kappa shape index (κ2) is 6.66. The Morgan fingerprint density at radius 3 is 2.80 bits per heavy atom. The third kappa shape index (κ3) is 3.25. The molecule has 1 aromatic heterocycles. The molecule has 0 amide bonds. The molecule has 2 aliphatic rings. The Labute approximate surface area is 139 Å². The summed E-state index contributed by atoms with van der Waals surface area (Å²) in [5.41, 5.74) is 0. The fourth-order valence-electron chi connectivity index (χ4n) is 3.47. The van der Waals surface area contributed by atoms with E-state index in [0.29, 0.717) is 12.0 Å². The van der Waals surface area contributed by atoms with Crippen molar-refractivity contribution in [2.45, 2.75) is 44.2 Å². The first-order valence-electron chi connectivity index (χ1n) is 7.55. The highest BCUT2D eigenvalue weighted by atomic mass is 79.9. The molecule has 0 bridgehead atoms. The molecule has 0 aromatic carbocycles. The normalized spacial score (nSPS) is 28.6. The minimum atomic E-state index is 0.547. The van der Waals surface area contributed by atoms with Crippen LogP contribution in [0.1, 0.15) is 43.0 Å². The number of hydrogen-bond donors (Lipinski definition) is 1. The average Bonchev–Trinajstić information content (AvgIpc) is 3.20. The van der Waals surface area contributed by atoms with E-state index in [4.69, 9.17) is 11.6 Å².